The van der Waals surface area contributed by atoms with E-state index < -0.39 is 0 Å². The van der Waals surface area contributed by atoms with Crippen molar-refractivity contribution in [3.05, 3.63) is 29.8 Å². The van der Waals surface area contributed by atoms with Gasteiger partial charge in [0, 0.05) is 12.5 Å². The lowest BCUT2D eigenvalue weighted by Crippen LogP contribution is -2.27. The van der Waals surface area contributed by atoms with E-state index in [1.54, 1.807) is 0 Å². The number of carbonyl (C=O) groups excluding carboxylic acids is 1. The van der Waals surface area contributed by atoms with Crippen molar-refractivity contribution in [3.63, 3.8) is 0 Å². The van der Waals surface area contributed by atoms with Crippen LogP contribution >= 0.6 is 0 Å². The van der Waals surface area contributed by atoms with Crippen LogP contribution in [0.4, 0.5) is 0 Å². The largest absolute Gasteiger partial charge is 0.494 e. The molecule has 1 aromatic carbocycles. The van der Waals surface area contributed by atoms with E-state index in [1.807, 2.05) is 24.3 Å². The van der Waals surface area contributed by atoms with Crippen molar-refractivity contribution in [3.8, 4) is 5.75 Å². The zero-order chi connectivity index (χ0) is 14.1. The van der Waals surface area contributed by atoms with Crippen LogP contribution in [0.3, 0.4) is 0 Å². The minimum absolute atomic E-state index is 0.0392. The molecule has 1 atom stereocenters. The van der Waals surface area contributed by atoms with Gasteiger partial charge in [0.1, 0.15) is 5.75 Å². The molecule has 3 N–H and O–H groups in total. The highest BCUT2D eigenvalue weighted by molar-refractivity contribution is 5.74. The first kappa shape index (κ1) is 15.5. The number of primary amides is 1. The minimum atomic E-state index is -0.298. The van der Waals surface area contributed by atoms with Gasteiger partial charge in [0.15, 0.2) is 0 Å². The van der Waals surface area contributed by atoms with Gasteiger partial charge in [-0.05, 0) is 37.1 Å². The Morgan fingerprint density at radius 3 is 2.79 bits per heavy atom. The van der Waals surface area contributed by atoms with E-state index in [0.29, 0.717) is 13.0 Å². The summed E-state index contributed by atoms with van der Waals surface area (Å²) in [6, 6.07) is 7.81. The Bertz CT molecular complexity index is 393. The fraction of sp³-hybridized carbons (Fsp3) is 0.533. The number of amides is 1. The van der Waals surface area contributed by atoms with Crippen LogP contribution in [0, 0.1) is 0 Å². The Morgan fingerprint density at radius 1 is 1.37 bits per heavy atom. The molecule has 0 bridgehead atoms. The standard InChI is InChI=1S/C15H24N2O2/c1-3-8-17-14(11-15(16)18)12-6-5-7-13(10-12)19-9-4-2/h5-7,10,14,17H,3-4,8-9,11H2,1-2H3,(H2,16,18). The molecule has 0 spiro atoms. The second kappa shape index (κ2) is 8.53. The van der Waals surface area contributed by atoms with Gasteiger partial charge in [-0.25, -0.2) is 0 Å². The highest BCUT2D eigenvalue weighted by Gasteiger charge is 2.14. The fourth-order valence-electron chi connectivity index (χ4n) is 1.87. The molecule has 19 heavy (non-hydrogen) atoms. The SMILES string of the molecule is CCCNC(CC(N)=O)c1cccc(OCCC)c1. The quantitative estimate of drug-likeness (QED) is 0.720. The van der Waals surface area contributed by atoms with Gasteiger partial charge < -0.3 is 15.8 Å². The van der Waals surface area contributed by atoms with Gasteiger partial charge in [-0.15, -0.1) is 0 Å². The molecule has 106 valence electrons. The van der Waals surface area contributed by atoms with Crippen molar-refractivity contribution in [2.24, 2.45) is 5.73 Å². The molecule has 1 unspecified atom stereocenters. The van der Waals surface area contributed by atoms with Crippen molar-refractivity contribution in [2.75, 3.05) is 13.2 Å². The molecule has 0 aliphatic heterocycles. The van der Waals surface area contributed by atoms with Crippen LogP contribution in [0.15, 0.2) is 24.3 Å². The van der Waals surface area contributed by atoms with Crippen LogP contribution in [-0.4, -0.2) is 19.1 Å². The van der Waals surface area contributed by atoms with Crippen molar-refractivity contribution >= 4 is 5.91 Å². The molecule has 1 amide bonds. The molecule has 4 nitrogen and oxygen atoms in total. The van der Waals surface area contributed by atoms with Gasteiger partial charge in [0.2, 0.25) is 5.91 Å². The van der Waals surface area contributed by atoms with Gasteiger partial charge in [0.05, 0.1) is 6.61 Å². The van der Waals surface area contributed by atoms with Crippen molar-refractivity contribution in [2.45, 2.75) is 39.2 Å². The summed E-state index contributed by atoms with van der Waals surface area (Å²) in [6.45, 7) is 5.72. The third kappa shape index (κ3) is 5.75. The summed E-state index contributed by atoms with van der Waals surface area (Å²) in [4.78, 5) is 11.2. The summed E-state index contributed by atoms with van der Waals surface area (Å²) in [5.41, 5.74) is 6.35. The minimum Gasteiger partial charge on any atom is -0.494 e. The maximum Gasteiger partial charge on any atom is 0.219 e. The Kier molecular flexibility index (Phi) is 6.97. The highest BCUT2D eigenvalue weighted by atomic mass is 16.5. The molecule has 0 aliphatic carbocycles. The second-order valence-corrected chi connectivity index (χ2v) is 4.60. The van der Waals surface area contributed by atoms with Crippen LogP contribution < -0.4 is 15.8 Å². The molecule has 0 fully saturated rings. The Labute approximate surface area is 115 Å². The number of ether oxygens (including phenoxy) is 1. The molecule has 0 aliphatic rings. The zero-order valence-corrected chi connectivity index (χ0v) is 11.8. The summed E-state index contributed by atoms with van der Waals surface area (Å²) in [7, 11) is 0. The maximum atomic E-state index is 11.2. The summed E-state index contributed by atoms with van der Waals surface area (Å²) >= 11 is 0. The summed E-state index contributed by atoms with van der Waals surface area (Å²) in [6.07, 6.45) is 2.29. The average molecular weight is 264 g/mol. The summed E-state index contributed by atoms with van der Waals surface area (Å²) in [5.74, 6) is 0.542. The number of nitrogens with two attached hydrogens (primary N) is 1. The molecular weight excluding hydrogens is 240 g/mol. The van der Waals surface area contributed by atoms with Gasteiger partial charge in [-0.3, -0.25) is 4.79 Å². The number of hydrogen-bond acceptors (Lipinski definition) is 3. The first-order chi connectivity index (χ1) is 9.17. The Morgan fingerprint density at radius 2 is 2.16 bits per heavy atom. The first-order valence-electron chi connectivity index (χ1n) is 6.91. The third-order valence-electron chi connectivity index (χ3n) is 2.78. The number of benzene rings is 1. The first-order valence-corrected chi connectivity index (χ1v) is 6.91. The molecule has 0 aromatic heterocycles. The van der Waals surface area contributed by atoms with E-state index in [1.165, 1.54) is 0 Å². The number of nitrogens with one attached hydrogen (secondary N) is 1. The van der Waals surface area contributed by atoms with Gasteiger partial charge in [-0.2, -0.15) is 0 Å². The molecule has 1 aromatic rings. The molecule has 0 heterocycles. The van der Waals surface area contributed by atoms with E-state index >= 15 is 0 Å². The summed E-state index contributed by atoms with van der Waals surface area (Å²) < 4.78 is 5.61. The third-order valence-corrected chi connectivity index (χ3v) is 2.78. The second-order valence-electron chi connectivity index (χ2n) is 4.60. The lowest BCUT2D eigenvalue weighted by molar-refractivity contribution is -0.118. The topological polar surface area (TPSA) is 64.3 Å². The predicted molar refractivity (Wildman–Crippen MR) is 77.1 cm³/mol. The fourth-order valence-corrected chi connectivity index (χ4v) is 1.87. The van der Waals surface area contributed by atoms with Crippen LogP contribution in [0.5, 0.6) is 5.75 Å². The van der Waals surface area contributed by atoms with Crippen molar-refractivity contribution in [1.29, 1.82) is 0 Å². The zero-order valence-electron chi connectivity index (χ0n) is 11.8. The van der Waals surface area contributed by atoms with Crippen LogP contribution in [-0.2, 0) is 4.79 Å². The predicted octanol–water partition coefficient (Wildman–Crippen LogP) is 2.39. The summed E-state index contributed by atoms with van der Waals surface area (Å²) in [5, 5.41) is 3.34. The van der Waals surface area contributed by atoms with Crippen LogP contribution in [0.2, 0.25) is 0 Å². The monoisotopic (exact) mass is 264 g/mol. The van der Waals surface area contributed by atoms with Crippen molar-refractivity contribution < 1.29 is 9.53 Å². The Hall–Kier alpha value is -1.55. The van der Waals surface area contributed by atoms with E-state index in [-0.39, 0.29) is 11.9 Å². The van der Waals surface area contributed by atoms with E-state index in [9.17, 15) is 4.79 Å². The van der Waals surface area contributed by atoms with E-state index in [4.69, 9.17) is 10.5 Å². The van der Waals surface area contributed by atoms with Crippen LogP contribution in [0.1, 0.15) is 44.7 Å². The average Bonchev–Trinajstić information content (AvgIpc) is 2.41. The van der Waals surface area contributed by atoms with E-state index in [2.05, 4.69) is 19.2 Å². The number of rotatable bonds is 9. The van der Waals surface area contributed by atoms with Crippen LogP contribution in [0.25, 0.3) is 0 Å². The molecule has 1 rings (SSSR count). The lowest BCUT2D eigenvalue weighted by Gasteiger charge is -2.18. The maximum absolute atomic E-state index is 11.2. The Balaban J connectivity index is 2.78. The van der Waals surface area contributed by atoms with Crippen molar-refractivity contribution in [1.82, 2.24) is 5.32 Å². The molecule has 0 saturated heterocycles. The van der Waals surface area contributed by atoms with Gasteiger partial charge >= 0.3 is 0 Å². The lowest BCUT2D eigenvalue weighted by atomic mass is 10.0. The molecule has 0 radical (unpaired) electrons. The van der Waals surface area contributed by atoms with Gasteiger partial charge in [0.25, 0.3) is 0 Å². The number of hydrogen-bond donors (Lipinski definition) is 2. The normalized spacial score (nSPS) is 12.1. The molecule has 0 saturated carbocycles. The number of carbonyl (C=O) groups is 1. The van der Waals surface area contributed by atoms with E-state index in [0.717, 1.165) is 30.7 Å². The molecule has 4 heteroatoms. The highest BCUT2D eigenvalue weighted by Crippen LogP contribution is 2.22. The smallest absolute Gasteiger partial charge is 0.219 e. The molecular formula is C15H24N2O2. The van der Waals surface area contributed by atoms with Gasteiger partial charge in [-0.1, -0.05) is 26.0 Å².